The van der Waals surface area contributed by atoms with E-state index in [9.17, 15) is 0 Å². The molecule has 1 heterocycles. The second kappa shape index (κ2) is 6.27. The fourth-order valence-electron chi connectivity index (χ4n) is 4.39. The first kappa shape index (κ1) is 16.5. The topological polar surface area (TPSA) is 43.8 Å². The van der Waals surface area contributed by atoms with Crippen LogP contribution in [0.25, 0.3) is 11.0 Å². The minimum absolute atomic E-state index is 0.383. The number of para-hydroxylation sites is 2. The normalized spacial score (nSPS) is 24.0. The lowest BCUT2D eigenvalue weighted by Crippen LogP contribution is -2.31. The number of rotatable bonds is 3. The summed E-state index contributed by atoms with van der Waals surface area (Å²) in [5.41, 5.74) is 8.93. The highest BCUT2D eigenvalue weighted by molar-refractivity contribution is 5.75. The number of nitrogens with zero attached hydrogens (tertiary/aromatic N) is 2. The van der Waals surface area contributed by atoms with Gasteiger partial charge in [-0.25, -0.2) is 4.98 Å². The van der Waals surface area contributed by atoms with E-state index in [4.69, 9.17) is 10.7 Å². The molecule has 1 aromatic carbocycles. The first-order valence-corrected chi connectivity index (χ1v) is 9.03. The van der Waals surface area contributed by atoms with E-state index >= 15 is 0 Å². The van der Waals surface area contributed by atoms with Gasteiger partial charge in [-0.05, 0) is 55.1 Å². The van der Waals surface area contributed by atoms with Crippen LogP contribution in [0.1, 0.15) is 58.2 Å². The van der Waals surface area contributed by atoms with Gasteiger partial charge < -0.3 is 10.3 Å². The Morgan fingerprint density at radius 3 is 2.39 bits per heavy atom. The maximum atomic E-state index is 6.19. The third kappa shape index (κ3) is 3.16. The molecule has 2 aromatic rings. The lowest BCUT2D eigenvalue weighted by atomic mass is 9.67. The molecular formula is C20H31N3. The third-order valence-electron chi connectivity index (χ3n) is 5.97. The van der Waals surface area contributed by atoms with Gasteiger partial charge in [0.2, 0.25) is 0 Å². The van der Waals surface area contributed by atoms with Crippen LogP contribution in [0.15, 0.2) is 24.3 Å². The molecule has 1 aliphatic rings. The van der Waals surface area contributed by atoms with E-state index in [1.165, 1.54) is 37.0 Å². The molecule has 3 rings (SSSR count). The van der Waals surface area contributed by atoms with Crippen molar-refractivity contribution in [3.63, 3.8) is 0 Å². The van der Waals surface area contributed by atoms with Crippen molar-refractivity contribution in [3.8, 4) is 0 Å². The van der Waals surface area contributed by atoms with Crippen molar-refractivity contribution in [2.24, 2.45) is 30.0 Å². The maximum absolute atomic E-state index is 6.19. The smallest absolute Gasteiger partial charge is 0.114 e. The molecule has 0 radical (unpaired) electrons. The first-order chi connectivity index (χ1) is 10.9. The molecule has 0 aliphatic heterocycles. The van der Waals surface area contributed by atoms with Crippen molar-refractivity contribution >= 4 is 11.0 Å². The Kier molecular flexibility index (Phi) is 4.50. The molecular weight excluding hydrogens is 282 g/mol. The van der Waals surface area contributed by atoms with Gasteiger partial charge in [-0.2, -0.15) is 0 Å². The highest BCUT2D eigenvalue weighted by Crippen LogP contribution is 2.43. The fraction of sp³-hybridized carbons (Fsp3) is 0.650. The molecule has 0 spiro atoms. The number of nitrogens with two attached hydrogens (primary N) is 1. The van der Waals surface area contributed by atoms with E-state index in [1.807, 2.05) is 0 Å². The predicted molar refractivity (Wildman–Crippen MR) is 97.4 cm³/mol. The Morgan fingerprint density at radius 2 is 1.83 bits per heavy atom. The first-order valence-electron chi connectivity index (χ1n) is 9.03. The van der Waals surface area contributed by atoms with Gasteiger partial charge in [-0.15, -0.1) is 0 Å². The molecule has 0 bridgehead atoms. The van der Waals surface area contributed by atoms with E-state index in [-0.39, 0.29) is 0 Å². The second-order valence-electron chi connectivity index (χ2n) is 8.34. The summed E-state index contributed by atoms with van der Waals surface area (Å²) in [7, 11) is 2.13. The van der Waals surface area contributed by atoms with E-state index in [0.29, 0.717) is 23.8 Å². The average molecular weight is 313 g/mol. The molecule has 126 valence electrons. The number of benzene rings is 1. The van der Waals surface area contributed by atoms with E-state index < -0.39 is 0 Å². The number of aromatic nitrogens is 2. The summed E-state index contributed by atoms with van der Waals surface area (Å²) in [6, 6.07) is 8.39. The fourth-order valence-corrected chi connectivity index (χ4v) is 4.39. The van der Waals surface area contributed by atoms with Crippen LogP contribution >= 0.6 is 0 Å². The second-order valence-corrected chi connectivity index (χ2v) is 8.34. The van der Waals surface area contributed by atoms with Gasteiger partial charge in [0.1, 0.15) is 5.82 Å². The lowest BCUT2D eigenvalue weighted by Gasteiger charge is -2.39. The van der Waals surface area contributed by atoms with Crippen molar-refractivity contribution in [2.75, 3.05) is 6.54 Å². The molecule has 1 saturated carbocycles. The molecule has 0 amide bonds. The molecule has 23 heavy (non-hydrogen) atoms. The quantitative estimate of drug-likeness (QED) is 0.908. The molecule has 1 unspecified atom stereocenters. The monoisotopic (exact) mass is 313 g/mol. The maximum Gasteiger partial charge on any atom is 0.114 e. The van der Waals surface area contributed by atoms with Gasteiger partial charge in [-0.3, -0.25) is 0 Å². The van der Waals surface area contributed by atoms with Crippen molar-refractivity contribution in [3.05, 3.63) is 30.1 Å². The van der Waals surface area contributed by atoms with Crippen LogP contribution in [-0.2, 0) is 7.05 Å². The largest absolute Gasteiger partial charge is 0.331 e. The van der Waals surface area contributed by atoms with Crippen molar-refractivity contribution in [1.29, 1.82) is 0 Å². The van der Waals surface area contributed by atoms with Crippen LogP contribution in [0, 0.1) is 17.3 Å². The van der Waals surface area contributed by atoms with E-state index in [1.54, 1.807) is 0 Å². The van der Waals surface area contributed by atoms with Crippen LogP contribution in [0.4, 0.5) is 0 Å². The third-order valence-corrected chi connectivity index (χ3v) is 5.97. The van der Waals surface area contributed by atoms with Gasteiger partial charge >= 0.3 is 0 Å². The molecule has 1 atom stereocenters. The zero-order valence-corrected chi connectivity index (χ0v) is 15.0. The number of imidazole rings is 1. The highest BCUT2D eigenvalue weighted by atomic mass is 15.1. The Labute approximate surface area is 140 Å². The Bertz CT molecular complexity index is 657. The molecule has 2 N–H and O–H groups in total. The molecule has 3 heteroatoms. The SMILES string of the molecule is Cn1c(C(CN)C2CCC(C(C)(C)C)CC2)nc2ccccc21. The molecule has 1 fully saturated rings. The van der Waals surface area contributed by atoms with E-state index in [0.717, 1.165) is 11.4 Å². The molecule has 1 aliphatic carbocycles. The number of hydrogen-bond acceptors (Lipinski definition) is 2. The van der Waals surface area contributed by atoms with Crippen molar-refractivity contribution < 1.29 is 0 Å². The van der Waals surface area contributed by atoms with Crippen LogP contribution in [0.3, 0.4) is 0 Å². The molecule has 3 nitrogen and oxygen atoms in total. The Balaban J connectivity index is 1.81. The van der Waals surface area contributed by atoms with Gasteiger partial charge in [0.25, 0.3) is 0 Å². The summed E-state index contributed by atoms with van der Waals surface area (Å²) in [6.45, 7) is 7.83. The average Bonchev–Trinajstić information content (AvgIpc) is 2.85. The van der Waals surface area contributed by atoms with Crippen LogP contribution < -0.4 is 5.73 Å². The zero-order chi connectivity index (χ0) is 16.6. The highest BCUT2D eigenvalue weighted by Gasteiger charge is 2.34. The van der Waals surface area contributed by atoms with Crippen molar-refractivity contribution in [1.82, 2.24) is 9.55 Å². The minimum Gasteiger partial charge on any atom is -0.331 e. The summed E-state index contributed by atoms with van der Waals surface area (Å²) < 4.78 is 2.25. The standard InChI is InChI=1S/C20H31N3/c1-20(2,3)15-11-9-14(10-12-15)16(13-21)19-22-17-7-5-6-8-18(17)23(19)4/h5-8,14-16H,9-13,21H2,1-4H3. The van der Waals surface area contributed by atoms with E-state index in [2.05, 4.69) is 56.7 Å². The molecule has 1 aromatic heterocycles. The summed E-state index contributed by atoms with van der Waals surface area (Å²) in [5, 5.41) is 0. The number of aryl methyl sites for hydroxylation is 1. The Hall–Kier alpha value is -1.35. The van der Waals surface area contributed by atoms with Gasteiger partial charge in [0.15, 0.2) is 0 Å². The van der Waals surface area contributed by atoms with Crippen LogP contribution in [0.2, 0.25) is 0 Å². The number of fused-ring (bicyclic) bond motifs is 1. The summed E-state index contributed by atoms with van der Waals surface area (Å²) in [6.07, 6.45) is 5.23. The summed E-state index contributed by atoms with van der Waals surface area (Å²) >= 11 is 0. The summed E-state index contributed by atoms with van der Waals surface area (Å²) in [5.74, 6) is 3.08. The zero-order valence-electron chi connectivity index (χ0n) is 15.0. The number of hydrogen-bond donors (Lipinski definition) is 1. The van der Waals surface area contributed by atoms with Crippen LogP contribution in [0.5, 0.6) is 0 Å². The van der Waals surface area contributed by atoms with Gasteiger partial charge in [0.05, 0.1) is 11.0 Å². The van der Waals surface area contributed by atoms with Gasteiger partial charge in [0, 0.05) is 19.5 Å². The predicted octanol–water partition coefficient (Wildman–Crippen LogP) is 4.47. The van der Waals surface area contributed by atoms with Crippen molar-refractivity contribution in [2.45, 2.75) is 52.4 Å². The lowest BCUT2D eigenvalue weighted by molar-refractivity contribution is 0.138. The van der Waals surface area contributed by atoms with Crippen LogP contribution in [-0.4, -0.2) is 16.1 Å². The van der Waals surface area contributed by atoms with Gasteiger partial charge in [-0.1, -0.05) is 32.9 Å². The minimum atomic E-state index is 0.383. The Morgan fingerprint density at radius 1 is 1.17 bits per heavy atom. The summed E-state index contributed by atoms with van der Waals surface area (Å²) in [4.78, 5) is 4.91. The molecule has 0 saturated heterocycles.